The predicted octanol–water partition coefficient (Wildman–Crippen LogP) is 1.03. The highest BCUT2D eigenvalue weighted by Crippen LogP contribution is 1.98. The van der Waals surface area contributed by atoms with E-state index in [4.69, 9.17) is 5.73 Å². The molecule has 0 heterocycles. The zero-order chi connectivity index (χ0) is 11.7. The summed E-state index contributed by atoms with van der Waals surface area (Å²) in [5.41, 5.74) is 5.71. The summed E-state index contributed by atoms with van der Waals surface area (Å²) in [4.78, 5) is 6.69. The Morgan fingerprint density at radius 1 is 1.33 bits per heavy atom. The topological polar surface area (TPSA) is 53.6 Å². The van der Waals surface area contributed by atoms with Crippen molar-refractivity contribution in [3.05, 3.63) is 0 Å². The molecule has 0 bridgehead atoms. The van der Waals surface area contributed by atoms with Gasteiger partial charge in [0.05, 0.1) is 6.54 Å². The first kappa shape index (κ1) is 14.2. The Morgan fingerprint density at radius 2 is 1.93 bits per heavy atom. The van der Waals surface area contributed by atoms with Crippen molar-refractivity contribution in [3.8, 4) is 0 Å². The molecule has 0 saturated carbocycles. The number of nitrogens with two attached hydrogens (primary N) is 1. The minimum Gasteiger partial charge on any atom is -0.370 e. The van der Waals surface area contributed by atoms with E-state index in [2.05, 4.69) is 42.9 Å². The normalized spacial score (nSPS) is 14.3. The number of nitrogens with zero attached hydrogens (tertiary/aromatic N) is 2. The summed E-state index contributed by atoms with van der Waals surface area (Å²) in [6.45, 7) is 12.4. The molecule has 0 saturated heterocycles. The highest BCUT2D eigenvalue weighted by molar-refractivity contribution is 5.77. The van der Waals surface area contributed by atoms with Crippen LogP contribution in [0.25, 0.3) is 0 Å². The molecule has 0 aliphatic carbocycles. The maximum absolute atomic E-state index is 5.71. The van der Waals surface area contributed by atoms with Gasteiger partial charge in [-0.15, -0.1) is 0 Å². The SMILES string of the molecule is CCCNC(N)=NCC(C)N(CC)CC. The van der Waals surface area contributed by atoms with Gasteiger partial charge >= 0.3 is 0 Å². The van der Waals surface area contributed by atoms with Gasteiger partial charge < -0.3 is 11.1 Å². The first-order chi connectivity index (χ1) is 7.15. The van der Waals surface area contributed by atoms with Gasteiger partial charge in [0.25, 0.3) is 0 Å². The lowest BCUT2D eigenvalue weighted by Gasteiger charge is -2.24. The fraction of sp³-hybridized carbons (Fsp3) is 0.909. The molecule has 1 unspecified atom stereocenters. The molecule has 0 aromatic rings. The van der Waals surface area contributed by atoms with E-state index in [0.29, 0.717) is 12.0 Å². The van der Waals surface area contributed by atoms with E-state index < -0.39 is 0 Å². The lowest BCUT2D eigenvalue weighted by atomic mass is 10.3. The molecular weight excluding hydrogens is 188 g/mol. The van der Waals surface area contributed by atoms with Crippen molar-refractivity contribution in [2.75, 3.05) is 26.2 Å². The standard InChI is InChI=1S/C11H26N4/c1-5-8-13-11(12)14-9-10(4)15(6-2)7-3/h10H,5-9H2,1-4H3,(H3,12,13,14). The van der Waals surface area contributed by atoms with E-state index in [-0.39, 0.29) is 0 Å². The lowest BCUT2D eigenvalue weighted by molar-refractivity contribution is 0.237. The van der Waals surface area contributed by atoms with Gasteiger partial charge in [0.1, 0.15) is 0 Å². The summed E-state index contributed by atoms with van der Waals surface area (Å²) in [7, 11) is 0. The summed E-state index contributed by atoms with van der Waals surface area (Å²) in [5, 5.41) is 3.07. The predicted molar refractivity (Wildman–Crippen MR) is 67.2 cm³/mol. The summed E-state index contributed by atoms with van der Waals surface area (Å²) in [5.74, 6) is 0.566. The molecule has 4 heteroatoms. The first-order valence-electron chi connectivity index (χ1n) is 5.93. The monoisotopic (exact) mass is 214 g/mol. The molecule has 0 spiro atoms. The van der Waals surface area contributed by atoms with E-state index >= 15 is 0 Å². The quantitative estimate of drug-likeness (QED) is 0.491. The van der Waals surface area contributed by atoms with Gasteiger partial charge in [-0.3, -0.25) is 9.89 Å². The Kier molecular flexibility index (Phi) is 8.09. The van der Waals surface area contributed by atoms with Crippen LogP contribution in [0.5, 0.6) is 0 Å². The van der Waals surface area contributed by atoms with Gasteiger partial charge in [0.15, 0.2) is 5.96 Å². The second-order valence-electron chi connectivity index (χ2n) is 3.72. The third-order valence-corrected chi connectivity index (χ3v) is 2.52. The van der Waals surface area contributed by atoms with Gasteiger partial charge in [0.2, 0.25) is 0 Å². The van der Waals surface area contributed by atoms with E-state index in [1.165, 1.54) is 0 Å². The highest BCUT2D eigenvalue weighted by Gasteiger charge is 2.08. The molecule has 0 rings (SSSR count). The van der Waals surface area contributed by atoms with Gasteiger partial charge in [-0.2, -0.15) is 0 Å². The molecule has 1 atom stereocenters. The maximum Gasteiger partial charge on any atom is 0.188 e. The minimum atomic E-state index is 0.460. The number of hydrogen-bond donors (Lipinski definition) is 2. The maximum atomic E-state index is 5.71. The van der Waals surface area contributed by atoms with Crippen LogP contribution >= 0.6 is 0 Å². The van der Waals surface area contributed by atoms with Crippen LogP contribution in [0.1, 0.15) is 34.1 Å². The zero-order valence-corrected chi connectivity index (χ0v) is 10.6. The minimum absolute atomic E-state index is 0.460. The van der Waals surface area contributed by atoms with Crippen molar-refractivity contribution in [3.63, 3.8) is 0 Å². The molecule has 4 nitrogen and oxygen atoms in total. The van der Waals surface area contributed by atoms with Crippen LogP contribution in [-0.4, -0.2) is 43.1 Å². The molecule has 0 amide bonds. The van der Waals surface area contributed by atoms with Crippen molar-refractivity contribution >= 4 is 5.96 Å². The third kappa shape index (κ3) is 6.33. The van der Waals surface area contributed by atoms with Crippen molar-refractivity contribution in [1.82, 2.24) is 10.2 Å². The number of nitrogens with one attached hydrogen (secondary N) is 1. The zero-order valence-electron chi connectivity index (χ0n) is 10.6. The largest absolute Gasteiger partial charge is 0.370 e. The summed E-state index contributed by atoms with van der Waals surface area (Å²) in [6, 6.07) is 0.460. The lowest BCUT2D eigenvalue weighted by Crippen LogP contribution is -2.37. The van der Waals surface area contributed by atoms with Crippen LogP contribution in [0.3, 0.4) is 0 Å². The van der Waals surface area contributed by atoms with Crippen LogP contribution in [0.4, 0.5) is 0 Å². The molecular formula is C11H26N4. The first-order valence-corrected chi connectivity index (χ1v) is 5.93. The Labute approximate surface area is 93.9 Å². The second-order valence-corrected chi connectivity index (χ2v) is 3.72. The second kappa shape index (κ2) is 8.53. The van der Waals surface area contributed by atoms with Gasteiger partial charge in [-0.25, -0.2) is 0 Å². The van der Waals surface area contributed by atoms with Crippen molar-refractivity contribution in [1.29, 1.82) is 0 Å². The average molecular weight is 214 g/mol. The van der Waals surface area contributed by atoms with E-state index in [1.54, 1.807) is 0 Å². The van der Waals surface area contributed by atoms with Crippen LogP contribution in [0, 0.1) is 0 Å². The summed E-state index contributed by atoms with van der Waals surface area (Å²) >= 11 is 0. The molecule has 3 N–H and O–H groups in total. The van der Waals surface area contributed by atoms with Gasteiger partial charge in [0, 0.05) is 12.6 Å². The van der Waals surface area contributed by atoms with Crippen LogP contribution < -0.4 is 11.1 Å². The van der Waals surface area contributed by atoms with Crippen LogP contribution in [-0.2, 0) is 0 Å². The number of rotatable bonds is 7. The van der Waals surface area contributed by atoms with E-state index in [9.17, 15) is 0 Å². The summed E-state index contributed by atoms with van der Waals surface area (Å²) < 4.78 is 0. The Bertz CT molecular complexity index is 175. The third-order valence-electron chi connectivity index (χ3n) is 2.52. The van der Waals surface area contributed by atoms with Crippen LogP contribution in [0.2, 0.25) is 0 Å². The highest BCUT2D eigenvalue weighted by atomic mass is 15.2. The molecule has 0 fully saturated rings. The number of hydrogen-bond acceptors (Lipinski definition) is 2. The number of likely N-dealkylation sites (N-methyl/N-ethyl adjacent to an activating group) is 1. The van der Waals surface area contributed by atoms with Gasteiger partial charge in [-0.1, -0.05) is 20.8 Å². The van der Waals surface area contributed by atoms with Crippen LogP contribution in [0.15, 0.2) is 4.99 Å². The molecule has 15 heavy (non-hydrogen) atoms. The molecule has 0 aromatic heterocycles. The Morgan fingerprint density at radius 3 is 2.40 bits per heavy atom. The van der Waals surface area contributed by atoms with Gasteiger partial charge in [-0.05, 0) is 26.4 Å². The smallest absolute Gasteiger partial charge is 0.188 e. The molecule has 90 valence electrons. The molecule has 0 aromatic carbocycles. The van der Waals surface area contributed by atoms with E-state index in [0.717, 1.165) is 32.6 Å². The van der Waals surface area contributed by atoms with Crippen molar-refractivity contribution < 1.29 is 0 Å². The fourth-order valence-corrected chi connectivity index (χ4v) is 1.50. The van der Waals surface area contributed by atoms with Crippen molar-refractivity contribution in [2.24, 2.45) is 10.7 Å². The fourth-order valence-electron chi connectivity index (χ4n) is 1.50. The summed E-state index contributed by atoms with van der Waals surface area (Å²) in [6.07, 6.45) is 1.07. The Hall–Kier alpha value is -0.770. The molecule has 0 radical (unpaired) electrons. The number of aliphatic imine (C=N–C) groups is 1. The van der Waals surface area contributed by atoms with E-state index in [1.807, 2.05) is 0 Å². The molecule has 0 aliphatic rings. The average Bonchev–Trinajstić information content (AvgIpc) is 2.25. The number of guanidine groups is 1. The molecule has 0 aliphatic heterocycles. The van der Waals surface area contributed by atoms with Crippen molar-refractivity contribution in [2.45, 2.75) is 40.2 Å². The Balaban J connectivity index is 3.89.